The number of amides is 1. The van der Waals surface area contributed by atoms with Gasteiger partial charge in [0.2, 0.25) is 0 Å². The molecule has 3 aromatic rings. The molecule has 1 aromatic heterocycles. The van der Waals surface area contributed by atoms with Gasteiger partial charge in [0.25, 0.3) is 11.6 Å². The molecule has 2 aromatic carbocycles. The van der Waals surface area contributed by atoms with Gasteiger partial charge in [-0.15, -0.1) is 0 Å². The summed E-state index contributed by atoms with van der Waals surface area (Å²) in [5, 5.41) is 15.9. The zero-order valence-electron chi connectivity index (χ0n) is 15.7. The van der Waals surface area contributed by atoms with Gasteiger partial charge in [-0.05, 0) is 52.3 Å². The van der Waals surface area contributed by atoms with Crippen molar-refractivity contribution in [3.8, 4) is 5.69 Å². The number of carbonyl (C=O) groups excluding carboxylic acids is 1. The van der Waals surface area contributed by atoms with Gasteiger partial charge in [-0.3, -0.25) is 14.9 Å². The van der Waals surface area contributed by atoms with Crippen molar-refractivity contribution in [1.29, 1.82) is 0 Å². The number of halogens is 2. The Morgan fingerprint density at radius 2 is 1.80 bits per heavy atom. The minimum Gasteiger partial charge on any atom is -0.362 e. The molecular weight excluding hydrogens is 474 g/mol. The van der Waals surface area contributed by atoms with Crippen LogP contribution in [-0.4, -0.2) is 51.7 Å². The summed E-state index contributed by atoms with van der Waals surface area (Å²) in [6.07, 6.45) is 3.54. The van der Waals surface area contributed by atoms with Gasteiger partial charge in [0.1, 0.15) is 5.69 Å². The van der Waals surface area contributed by atoms with Gasteiger partial charge in [0, 0.05) is 49.0 Å². The molecule has 2 heterocycles. The van der Waals surface area contributed by atoms with E-state index in [9.17, 15) is 14.9 Å². The highest BCUT2D eigenvalue weighted by atomic mass is 79.9. The number of aromatic nitrogens is 2. The van der Waals surface area contributed by atoms with Gasteiger partial charge < -0.3 is 9.80 Å². The zero-order valence-corrected chi connectivity index (χ0v) is 18.1. The first-order valence-corrected chi connectivity index (χ1v) is 10.4. The second-order valence-electron chi connectivity index (χ2n) is 6.82. The van der Waals surface area contributed by atoms with E-state index in [1.165, 1.54) is 6.07 Å². The number of nitro groups is 1. The highest BCUT2D eigenvalue weighted by molar-refractivity contribution is 9.10. The number of piperazine rings is 1. The summed E-state index contributed by atoms with van der Waals surface area (Å²) in [6, 6.07) is 11.9. The predicted octanol–water partition coefficient (Wildman–Crippen LogP) is 4.16. The second-order valence-corrected chi connectivity index (χ2v) is 8.17. The fourth-order valence-corrected chi connectivity index (χ4v) is 3.89. The molecule has 154 valence electrons. The Morgan fingerprint density at radius 1 is 1.10 bits per heavy atom. The van der Waals surface area contributed by atoms with Crippen LogP contribution in [0.4, 0.5) is 11.4 Å². The molecule has 4 rings (SSSR count). The van der Waals surface area contributed by atoms with E-state index < -0.39 is 4.92 Å². The molecule has 0 bridgehead atoms. The molecule has 0 N–H and O–H groups in total. The maximum atomic E-state index is 12.9. The molecule has 1 amide bonds. The van der Waals surface area contributed by atoms with Gasteiger partial charge in [-0.2, -0.15) is 5.10 Å². The first-order chi connectivity index (χ1) is 14.4. The highest BCUT2D eigenvalue weighted by Crippen LogP contribution is 2.31. The normalized spacial score (nSPS) is 14.1. The lowest BCUT2D eigenvalue weighted by atomic mass is 10.1. The van der Waals surface area contributed by atoms with Crippen LogP contribution >= 0.6 is 27.5 Å². The number of hydrogen-bond donors (Lipinski definition) is 0. The first kappa shape index (κ1) is 20.4. The molecule has 0 unspecified atom stereocenters. The molecule has 1 aliphatic rings. The number of nitrogens with zero attached hydrogens (tertiary/aromatic N) is 5. The smallest absolute Gasteiger partial charge is 0.294 e. The van der Waals surface area contributed by atoms with Crippen molar-refractivity contribution in [2.45, 2.75) is 0 Å². The van der Waals surface area contributed by atoms with E-state index in [0.717, 1.165) is 10.2 Å². The van der Waals surface area contributed by atoms with Crippen LogP contribution in [-0.2, 0) is 0 Å². The monoisotopic (exact) mass is 489 g/mol. The summed E-state index contributed by atoms with van der Waals surface area (Å²) >= 11 is 9.26. The second kappa shape index (κ2) is 8.45. The molecule has 0 radical (unpaired) electrons. The van der Waals surface area contributed by atoms with Crippen LogP contribution in [0.1, 0.15) is 10.4 Å². The van der Waals surface area contributed by atoms with Crippen LogP contribution in [0.5, 0.6) is 0 Å². The number of rotatable bonds is 4. The van der Waals surface area contributed by atoms with E-state index in [-0.39, 0.29) is 11.6 Å². The fourth-order valence-electron chi connectivity index (χ4n) is 3.44. The van der Waals surface area contributed by atoms with Gasteiger partial charge in [0.05, 0.1) is 21.3 Å². The summed E-state index contributed by atoms with van der Waals surface area (Å²) in [6.45, 7) is 1.97. The summed E-state index contributed by atoms with van der Waals surface area (Å²) in [7, 11) is 0. The third-order valence-corrected chi connectivity index (χ3v) is 5.62. The lowest BCUT2D eigenvalue weighted by molar-refractivity contribution is -0.384. The Balaban J connectivity index is 1.43. The molecule has 0 saturated carbocycles. The lowest BCUT2D eigenvalue weighted by Crippen LogP contribution is -2.49. The third kappa shape index (κ3) is 4.17. The highest BCUT2D eigenvalue weighted by Gasteiger charge is 2.26. The van der Waals surface area contributed by atoms with Crippen LogP contribution in [0.3, 0.4) is 0 Å². The molecule has 8 nitrogen and oxygen atoms in total. The summed E-state index contributed by atoms with van der Waals surface area (Å²) in [5.74, 6) is -0.0616. The Bertz CT molecular complexity index is 1090. The maximum absolute atomic E-state index is 12.9. The molecule has 0 atom stereocenters. The standard InChI is InChI=1S/C20H17BrClN5O3/c21-15-12-23-26(13-15)17-4-1-14(2-5-17)20(28)25-9-7-24(8-10-25)18-6-3-16(22)11-19(18)27(29)30/h1-6,11-13H,7-10H2. The van der Waals surface area contributed by atoms with Gasteiger partial charge in [-0.25, -0.2) is 4.68 Å². The van der Waals surface area contributed by atoms with Crippen molar-refractivity contribution < 1.29 is 9.72 Å². The van der Waals surface area contributed by atoms with Gasteiger partial charge >= 0.3 is 0 Å². The first-order valence-electron chi connectivity index (χ1n) is 9.21. The molecule has 1 saturated heterocycles. The average molecular weight is 491 g/mol. The summed E-state index contributed by atoms with van der Waals surface area (Å²) < 4.78 is 2.59. The van der Waals surface area contributed by atoms with Crippen molar-refractivity contribution >= 4 is 44.8 Å². The van der Waals surface area contributed by atoms with Crippen molar-refractivity contribution in [2.75, 3.05) is 31.1 Å². The molecule has 1 fully saturated rings. The van der Waals surface area contributed by atoms with Crippen LogP contribution in [0, 0.1) is 10.1 Å². The van der Waals surface area contributed by atoms with E-state index >= 15 is 0 Å². The van der Waals surface area contributed by atoms with E-state index in [1.807, 2.05) is 23.2 Å². The third-order valence-electron chi connectivity index (χ3n) is 4.97. The van der Waals surface area contributed by atoms with E-state index in [2.05, 4.69) is 21.0 Å². The van der Waals surface area contributed by atoms with Crippen molar-refractivity contribution in [3.63, 3.8) is 0 Å². The Hall–Kier alpha value is -2.91. The van der Waals surface area contributed by atoms with Gasteiger partial charge in [-0.1, -0.05) is 11.6 Å². The Morgan fingerprint density at radius 3 is 2.40 bits per heavy atom. The minimum atomic E-state index is -0.432. The Labute approximate surface area is 185 Å². The summed E-state index contributed by atoms with van der Waals surface area (Å²) in [4.78, 5) is 27.5. The predicted molar refractivity (Wildman–Crippen MR) is 117 cm³/mol. The SMILES string of the molecule is O=C(c1ccc(-n2cc(Br)cn2)cc1)N1CCN(c2ccc(Cl)cc2[N+](=O)[O-])CC1. The zero-order chi connectivity index (χ0) is 21.3. The summed E-state index contributed by atoms with van der Waals surface area (Å²) in [5.41, 5.74) is 1.95. The van der Waals surface area contributed by atoms with Crippen molar-refractivity contribution in [2.24, 2.45) is 0 Å². The Kier molecular flexibility index (Phi) is 5.74. The number of hydrogen-bond acceptors (Lipinski definition) is 5. The fraction of sp³-hybridized carbons (Fsp3) is 0.200. The van der Waals surface area contributed by atoms with E-state index in [0.29, 0.717) is 42.5 Å². The number of anilines is 1. The molecule has 30 heavy (non-hydrogen) atoms. The van der Waals surface area contributed by atoms with Crippen LogP contribution in [0.2, 0.25) is 5.02 Å². The molecule has 10 heteroatoms. The van der Waals surface area contributed by atoms with Crippen LogP contribution < -0.4 is 4.90 Å². The van der Waals surface area contributed by atoms with Crippen molar-refractivity contribution in [1.82, 2.24) is 14.7 Å². The van der Waals surface area contributed by atoms with E-state index in [4.69, 9.17) is 11.6 Å². The maximum Gasteiger partial charge on any atom is 0.294 e. The quantitative estimate of drug-likeness (QED) is 0.405. The van der Waals surface area contributed by atoms with Gasteiger partial charge in [0.15, 0.2) is 0 Å². The largest absolute Gasteiger partial charge is 0.362 e. The molecule has 0 spiro atoms. The topological polar surface area (TPSA) is 84.5 Å². The molecular formula is C20H17BrClN5O3. The minimum absolute atomic E-state index is 0.0249. The van der Waals surface area contributed by atoms with Crippen LogP contribution in [0.25, 0.3) is 5.69 Å². The average Bonchev–Trinajstić information content (AvgIpc) is 3.20. The molecule has 1 aliphatic heterocycles. The lowest BCUT2D eigenvalue weighted by Gasteiger charge is -2.35. The van der Waals surface area contributed by atoms with Crippen LogP contribution in [0.15, 0.2) is 59.3 Å². The number of nitro benzene ring substituents is 1. The van der Waals surface area contributed by atoms with E-state index in [1.54, 1.807) is 40.0 Å². The molecule has 0 aliphatic carbocycles. The number of carbonyl (C=O) groups is 1. The number of benzene rings is 2. The van der Waals surface area contributed by atoms with Crippen molar-refractivity contribution in [3.05, 3.63) is 80.0 Å².